The Balaban J connectivity index is 1.70. The number of hydrogen-bond donors (Lipinski definition) is 1. The van der Waals surface area contributed by atoms with Crippen molar-refractivity contribution in [1.82, 2.24) is 5.32 Å². The number of carbonyl (C=O) groups excluding carboxylic acids is 2. The normalized spacial score (nSPS) is 12.6. The standard InChI is InChI=1S/C22H26N2O4/c1-15(25)24(18-8-6-5-7-17(18)22(2,3)4)13-21(26)23-12-16-9-10-19-20(11-16)28-14-27-19/h5-11H,12-14H2,1-4H3,(H,23,26). The molecule has 0 spiro atoms. The highest BCUT2D eigenvalue weighted by atomic mass is 16.7. The third-order valence-electron chi connectivity index (χ3n) is 4.61. The van der Waals surface area contributed by atoms with Gasteiger partial charge in [-0.15, -0.1) is 0 Å². The molecule has 1 aliphatic heterocycles. The van der Waals surface area contributed by atoms with Crippen LogP contribution in [-0.4, -0.2) is 25.2 Å². The van der Waals surface area contributed by atoms with Gasteiger partial charge in [-0.05, 0) is 34.7 Å². The summed E-state index contributed by atoms with van der Waals surface area (Å²) in [6.45, 7) is 8.27. The van der Waals surface area contributed by atoms with Crippen LogP contribution in [0.4, 0.5) is 5.69 Å². The van der Waals surface area contributed by atoms with Gasteiger partial charge in [0.1, 0.15) is 6.54 Å². The lowest BCUT2D eigenvalue weighted by Gasteiger charge is -2.29. The summed E-state index contributed by atoms with van der Waals surface area (Å²) in [6.07, 6.45) is 0. The minimum atomic E-state index is -0.225. The van der Waals surface area contributed by atoms with Gasteiger partial charge in [0.2, 0.25) is 18.6 Å². The van der Waals surface area contributed by atoms with Crippen LogP contribution in [0.1, 0.15) is 38.8 Å². The summed E-state index contributed by atoms with van der Waals surface area (Å²) in [5, 5.41) is 2.87. The van der Waals surface area contributed by atoms with Crippen LogP contribution in [0, 0.1) is 0 Å². The van der Waals surface area contributed by atoms with Gasteiger partial charge < -0.3 is 19.7 Å². The number of amides is 2. The molecule has 1 N–H and O–H groups in total. The molecule has 0 atom stereocenters. The Hall–Kier alpha value is -3.02. The second-order valence-electron chi connectivity index (χ2n) is 7.84. The van der Waals surface area contributed by atoms with Crippen LogP contribution in [-0.2, 0) is 21.5 Å². The van der Waals surface area contributed by atoms with Crippen molar-refractivity contribution in [2.75, 3.05) is 18.2 Å². The van der Waals surface area contributed by atoms with Crippen molar-refractivity contribution in [2.45, 2.75) is 39.7 Å². The summed E-state index contributed by atoms with van der Waals surface area (Å²) in [5.74, 6) is 0.986. The highest BCUT2D eigenvalue weighted by molar-refractivity contribution is 5.98. The van der Waals surface area contributed by atoms with E-state index in [1.165, 1.54) is 11.8 Å². The fourth-order valence-corrected chi connectivity index (χ4v) is 3.16. The molecule has 0 radical (unpaired) electrons. The van der Waals surface area contributed by atoms with Crippen LogP contribution in [0.3, 0.4) is 0 Å². The van der Waals surface area contributed by atoms with E-state index in [0.29, 0.717) is 18.0 Å². The van der Waals surface area contributed by atoms with Gasteiger partial charge in [-0.2, -0.15) is 0 Å². The van der Waals surface area contributed by atoms with Crippen LogP contribution in [0.5, 0.6) is 11.5 Å². The smallest absolute Gasteiger partial charge is 0.240 e. The average molecular weight is 382 g/mol. The molecular formula is C22H26N2O4. The first kappa shape index (κ1) is 19.7. The maximum absolute atomic E-state index is 12.5. The van der Waals surface area contributed by atoms with Gasteiger partial charge in [-0.3, -0.25) is 9.59 Å². The Morgan fingerprint density at radius 2 is 1.79 bits per heavy atom. The zero-order valence-corrected chi connectivity index (χ0v) is 16.7. The van der Waals surface area contributed by atoms with Gasteiger partial charge in [0.15, 0.2) is 11.5 Å². The molecular weight excluding hydrogens is 356 g/mol. The van der Waals surface area contributed by atoms with Gasteiger partial charge in [0, 0.05) is 19.2 Å². The van der Waals surface area contributed by atoms with E-state index in [-0.39, 0.29) is 30.6 Å². The van der Waals surface area contributed by atoms with Gasteiger partial charge in [0.25, 0.3) is 0 Å². The molecule has 0 unspecified atom stereocenters. The summed E-state index contributed by atoms with van der Waals surface area (Å²) in [6, 6.07) is 13.3. The van der Waals surface area contributed by atoms with Gasteiger partial charge in [0.05, 0.1) is 0 Å². The maximum atomic E-state index is 12.5. The molecule has 148 valence electrons. The topological polar surface area (TPSA) is 67.9 Å². The molecule has 0 bridgehead atoms. The molecule has 0 aliphatic carbocycles. The maximum Gasteiger partial charge on any atom is 0.240 e. The second kappa shape index (κ2) is 7.92. The van der Waals surface area contributed by atoms with E-state index in [2.05, 4.69) is 26.1 Å². The number of para-hydroxylation sites is 1. The summed E-state index contributed by atoms with van der Waals surface area (Å²) in [7, 11) is 0. The van der Waals surface area contributed by atoms with Crippen molar-refractivity contribution < 1.29 is 19.1 Å². The van der Waals surface area contributed by atoms with Crippen molar-refractivity contribution in [3.63, 3.8) is 0 Å². The third-order valence-corrected chi connectivity index (χ3v) is 4.61. The molecule has 0 saturated carbocycles. The van der Waals surface area contributed by atoms with Crippen molar-refractivity contribution >= 4 is 17.5 Å². The van der Waals surface area contributed by atoms with Crippen molar-refractivity contribution in [1.29, 1.82) is 0 Å². The molecule has 0 fully saturated rings. The SMILES string of the molecule is CC(=O)N(CC(=O)NCc1ccc2c(c1)OCO2)c1ccccc1C(C)(C)C. The number of hydrogen-bond acceptors (Lipinski definition) is 4. The van der Waals surface area contributed by atoms with Crippen LogP contribution in [0.15, 0.2) is 42.5 Å². The number of anilines is 1. The number of ether oxygens (including phenoxy) is 2. The fourth-order valence-electron chi connectivity index (χ4n) is 3.16. The Morgan fingerprint density at radius 1 is 1.07 bits per heavy atom. The van der Waals surface area contributed by atoms with Crippen LogP contribution in [0.25, 0.3) is 0 Å². The van der Waals surface area contributed by atoms with Crippen LogP contribution >= 0.6 is 0 Å². The number of rotatable bonds is 5. The van der Waals surface area contributed by atoms with Crippen LogP contribution < -0.4 is 19.7 Å². The minimum absolute atomic E-state index is 0.0347. The van der Waals surface area contributed by atoms with E-state index in [1.807, 2.05) is 42.5 Å². The van der Waals surface area contributed by atoms with Crippen LogP contribution in [0.2, 0.25) is 0 Å². The number of benzene rings is 2. The molecule has 1 aliphatic rings. The Labute approximate surface area is 165 Å². The Bertz CT molecular complexity index is 886. The molecule has 0 aromatic heterocycles. The van der Waals surface area contributed by atoms with Gasteiger partial charge in [-0.25, -0.2) is 0 Å². The predicted molar refractivity (Wildman–Crippen MR) is 108 cm³/mol. The fraction of sp³-hybridized carbons (Fsp3) is 0.364. The van der Waals surface area contributed by atoms with E-state index in [9.17, 15) is 9.59 Å². The number of nitrogens with one attached hydrogen (secondary N) is 1. The third kappa shape index (κ3) is 4.44. The molecule has 1 heterocycles. The first-order valence-electron chi connectivity index (χ1n) is 9.28. The Morgan fingerprint density at radius 3 is 2.50 bits per heavy atom. The lowest BCUT2D eigenvalue weighted by Crippen LogP contribution is -2.40. The summed E-state index contributed by atoms with van der Waals surface area (Å²) in [4.78, 5) is 26.3. The van der Waals surface area contributed by atoms with Gasteiger partial charge in [-0.1, -0.05) is 45.0 Å². The quantitative estimate of drug-likeness (QED) is 0.861. The van der Waals surface area contributed by atoms with Crippen molar-refractivity contribution in [3.8, 4) is 11.5 Å². The van der Waals surface area contributed by atoms with E-state index in [4.69, 9.17) is 9.47 Å². The second-order valence-corrected chi connectivity index (χ2v) is 7.84. The number of carbonyl (C=O) groups is 2. The minimum Gasteiger partial charge on any atom is -0.454 e. The van der Waals surface area contributed by atoms with E-state index in [1.54, 1.807) is 0 Å². The first-order chi connectivity index (χ1) is 13.3. The lowest BCUT2D eigenvalue weighted by atomic mass is 9.85. The summed E-state index contributed by atoms with van der Waals surface area (Å²) < 4.78 is 10.6. The van der Waals surface area contributed by atoms with Crippen molar-refractivity contribution in [3.05, 3.63) is 53.6 Å². The molecule has 0 saturated heterocycles. The van der Waals surface area contributed by atoms with Gasteiger partial charge >= 0.3 is 0 Å². The average Bonchev–Trinajstić information content (AvgIpc) is 3.11. The molecule has 28 heavy (non-hydrogen) atoms. The first-order valence-corrected chi connectivity index (χ1v) is 9.28. The Kier molecular flexibility index (Phi) is 5.58. The zero-order chi connectivity index (χ0) is 20.3. The molecule has 2 amide bonds. The summed E-state index contributed by atoms with van der Waals surface area (Å²) in [5.41, 5.74) is 2.55. The zero-order valence-electron chi connectivity index (χ0n) is 16.7. The number of nitrogens with zero attached hydrogens (tertiary/aromatic N) is 1. The highest BCUT2D eigenvalue weighted by Gasteiger charge is 2.24. The predicted octanol–water partition coefficient (Wildman–Crippen LogP) is 3.38. The summed E-state index contributed by atoms with van der Waals surface area (Å²) >= 11 is 0. The van der Waals surface area contributed by atoms with E-state index >= 15 is 0 Å². The monoisotopic (exact) mass is 382 g/mol. The largest absolute Gasteiger partial charge is 0.454 e. The van der Waals surface area contributed by atoms with E-state index in [0.717, 1.165) is 16.8 Å². The molecule has 3 rings (SSSR count). The highest BCUT2D eigenvalue weighted by Crippen LogP contribution is 2.33. The number of fused-ring (bicyclic) bond motifs is 1. The van der Waals surface area contributed by atoms with Crippen molar-refractivity contribution in [2.24, 2.45) is 0 Å². The molecule has 6 nitrogen and oxygen atoms in total. The molecule has 6 heteroatoms. The molecule has 2 aromatic carbocycles. The molecule has 2 aromatic rings. The lowest BCUT2D eigenvalue weighted by molar-refractivity contribution is -0.123. The van der Waals surface area contributed by atoms with E-state index < -0.39 is 0 Å².